The maximum absolute atomic E-state index is 13.1. The van der Waals surface area contributed by atoms with E-state index in [2.05, 4.69) is 18.7 Å². The van der Waals surface area contributed by atoms with E-state index in [1.165, 1.54) is 12.1 Å². The molecule has 6 heteroatoms. The van der Waals surface area contributed by atoms with Crippen molar-refractivity contribution in [1.82, 2.24) is 0 Å². The third-order valence-electron chi connectivity index (χ3n) is 5.85. The Balaban J connectivity index is 2.16. The van der Waals surface area contributed by atoms with Gasteiger partial charge >= 0.3 is 6.18 Å². The van der Waals surface area contributed by atoms with Gasteiger partial charge in [-0.1, -0.05) is 43.6 Å². The average molecular weight is 488 g/mol. The molecule has 3 aromatic carbocycles. The summed E-state index contributed by atoms with van der Waals surface area (Å²) in [6.07, 6.45) is -3.70. The largest absolute Gasteiger partial charge is 0.416 e. The number of anilines is 2. The number of ketones is 1. The van der Waals surface area contributed by atoms with Gasteiger partial charge in [-0.25, -0.2) is 0 Å². The van der Waals surface area contributed by atoms with Crippen molar-refractivity contribution < 1.29 is 18.0 Å². The molecule has 2 nitrogen and oxygen atoms in total. The highest BCUT2D eigenvalue weighted by Crippen LogP contribution is 2.37. The van der Waals surface area contributed by atoms with Crippen molar-refractivity contribution >= 4 is 28.8 Å². The summed E-state index contributed by atoms with van der Waals surface area (Å²) in [5.41, 5.74) is 3.41. The quantitative estimate of drug-likeness (QED) is 0.316. The molecule has 0 spiro atoms. The molecule has 0 aliphatic rings. The number of hydrogen-bond donors (Lipinski definition) is 0. The van der Waals surface area contributed by atoms with Crippen molar-refractivity contribution in [2.45, 2.75) is 46.2 Å². The van der Waals surface area contributed by atoms with E-state index in [1.54, 1.807) is 6.92 Å². The van der Waals surface area contributed by atoms with Gasteiger partial charge in [-0.15, -0.1) is 0 Å². The predicted octanol–water partition coefficient (Wildman–Crippen LogP) is 8.90. The molecule has 0 aromatic heterocycles. The topological polar surface area (TPSA) is 20.3 Å². The van der Waals surface area contributed by atoms with Crippen LogP contribution in [-0.4, -0.2) is 12.3 Å². The highest BCUT2D eigenvalue weighted by molar-refractivity contribution is 6.30. The summed E-state index contributed by atoms with van der Waals surface area (Å²) in [4.78, 5) is 14.7. The Kier molecular flexibility index (Phi) is 8.09. The van der Waals surface area contributed by atoms with E-state index < -0.39 is 11.7 Å². The standard InChI is InChI=1S/C28H29ClF3NO/c1-5-33(25-12-10-24(29)11-13-25)26-16-21(20-6-8-23(9-7-20)28(30,31)32)15-22(17-26)27(19(4)34)14-18(2)3/h6-13,15-18,27H,5,14H2,1-4H3. The summed E-state index contributed by atoms with van der Waals surface area (Å²) in [5.74, 6) is 0.0847. The van der Waals surface area contributed by atoms with Gasteiger partial charge < -0.3 is 4.90 Å². The Labute approximate surface area is 204 Å². The Morgan fingerprint density at radius 1 is 0.912 bits per heavy atom. The molecule has 0 bridgehead atoms. The molecule has 1 atom stereocenters. The molecule has 0 amide bonds. The van der Waals surface area contributed by atoms with Gasteiger partial charge in [-0.2, -0.15) is 13.2 Å². The first-order valence-corrected chi connectivity index (χ1v) is 11.7. The number of halogens is 4. The first-order chi connectivity index (χ1) is 16.0. The number of carbonyl (C=O) groups is 1. The van der Waals surface area contributed by atoms with Crippen molar-refractivity contribution in [3.05, 3.63) is 82.9 Å². The van der Waals surface area contributed by atoms with Crippen LogP contribution in [0.3, 0.4) is 0 Å². The van der Waals surface area contributed by atoms with Crippen molar-refractivity contribution in [2.75, 3.05) is 11.4 Å². The van der Waals surface area contributed by atoms with Crippen LogP contribution < -0.4 is 4.90 Å². The lowest BCUT2D eigenvalue weighted by Gasteiger charge is -2.26. The van der Waals surface area contributed by atoms with Crippen LogP contribution in [0.1, 0.15) is 51.2 Å². The monoisotopic (exact) mass is 487 g/mol. The van der Waals surface area contributed by atoms with Crippen LogP contribution in [0.15, 0.2) is 66.7 Å². The molecule has 1 unspecified atom stereocenters. The number of rotatable bonds is 8. The summed E-state index contributed by atoms with van der Waals surface area (Å²) in [6, 6.07) is 18.5. The maximum atomic E-state index is 13.1. The van der Waals surface area contributed by atoms with Gasteiger partial charge in [0, 0.05) is 28.9 Å². The van der Waals surface area contributed by atoms with Gasteiger partial charge in [-0.05, 0) is 91.4 Å². The number of hydrogen-bond acceptors (Lipinski definition) is 2. The number of nitrogens with zero attached hydrogens (tertiary/aromatic N) is 1. The first-order valence-electron chi connectivity index (χ1n) is 11.4. The summed E-state index contributed by atoms with van der Waals surface area (Å²) < 4.78 is 39.2. The first kappa shape index (κ1) is 25.8. The Morgan fingerprint density at radius 3 is 2.03 bits per heavy atom. The van der Waals surface area contributed by atoms with Crippen LogP contribution in [0.2, 0.25) is 5.02 Å². The van der Waals surface area contributed by atoms with E-state index >= 15 is 0 Å². The van der Waals surface area contributed by atoms with Crippen molar-refractivity contribution in [1.29, 1.82) is 0 Å². The Hall–Kier alpha value is -2.79. The zero-order valence-corrected chi connectivity index (χ0v) is 20.5. The molecule has 0 saturated carbocycles. The Bertz CT molecular complexity index is 1120. The van der Waals surface area contributed by atoms with E-state index in [0.29, 0.717) is 29.5 Å². The zero-order valence-electron chi connectivity index (χ0n) is 19.8. The van der Waals surface area contributed by atoms with E-state index in [0.717, 1.165) is 34.6 Å². The molecule has 3 rings (SSSR count). The zero-order chi connectivity index (χ0) is 25.0. The van der Waals surface area contributed by atoms with Gasteiger partial charge in [0.05, 0.1) is 5.56 Å². The molecule has 0 aliphatic carbocycles. The van der Waals surface area contributed by atoms with Gasteiger partial charge in [-0.3, -0.25) is 4.79 Å². The van der Waals surface area contributed by atoms with Gasteiger partial charge in [0.1, 0.15) is 5.78 Å². The summed E-state index contributed by atoms with van der Waals surface area (Å²) in [7, 11) is 0. The molecular formula is C28H29ClF3NO. The van der Waals surface area contributed by atoms with Gasteiger partial charge in [0.25, 0.3) is 0 Å². The lowest BCUT2D eigenvalue weighted by molar-refractivity contribution is -0.137. The minimum atomic E-state index is -4.39. The predicted molar refractivity (Wildman–Crippen MR) is 134 cm³/mol. The summed E-state index contributed by atoms with van der Waals surface area (Å²) in [6.45, 7) is 8.42. The normalized spacial score (nSPS) is 12.6. The SMILES string of the molecule is CCN(c1ccc(Cl)cc1)c1cc(-c2ccc(C(F)(F)F)cc2)cc(C(CC(C)C)C(C)=O)c1. The molecule has 0 heterocycles. The van der Waals surface area contributed by atoms with Gasteiger partial charge in [0.2, 0.25) is 0 Å². The Morgan fingerprint density at radius 2 is 1.53 bits per heavy atom. The lowest BCUT2D eigenvalue weighted by Crippen LogP contribution is -2.18. The minimum absolute atomic E-state index is 0.0683. The van der Waals surface area contributed by atoms with E-state index in [9.17, 15) is 18.0 Å². The second-order valence-electron chi connectivity index (χ2n) is 8.90. The molecule has 180 valence electrons. The van der Waals surface area contributed by atoms with Crippen LogP contribution in [0, 0.1) is 5.92 Å². The smallest absolute Gasteiger partial charge is 0.342 e. The fourth-order valence-electron chi connectivity index (χ4n) is 4.15. The third-order valence-corrected chi connectivity index (χ3v) is 6.10. The highest BCUT2D eigenvalue weighted by atomic mass is 35.5. The van der Waals surface area contributed by atoms with Gasteiger partial charge in [0.15, 0.2) is 0 Å². The number of alkyl halides is 3. The molecule has 3 aromatic rings. The average Bonchev–Trinajstić information content (AvgIpc) is 2.78. The molecular weight excluding hydrogens is 459 g/mol. The van der Waals surface area contributed by atoms with E-state index in [4.69, 9.17) is 11.6 Å². The summed E-state index contributed by atoms with van der Waals surface area (Å²) >= 11 is 6.07. The fraction of sp³-hybridized carbons (Fsp3) is 0.321. The second-order valence-corrected chi connectivity index (χ2v) is 9.34. The van der Waals surface area contributed by atoms with Crippen molar-refractivity contribution in [3.63, 3.8) is 0 Å². The summed E-state index contributed by atoms with van der Waals surface area (Å²) in [5, 5.41) is 0.632. The lowest BCUT2D eigenvalue weighted by atomic mass is 9.85. The van der Waals surface area contributed by atoms with Crippen LogP contribution in [0.25, 0.3) is 11.1 Å². The number of benzene rings is 3. The molecule has 0 saturated heterocycles. The molecule has 0 aliphatic heterocycles. The van der Waals surface area contributed by atoms with E-state index in [-0.39, 0.29) is 11.7 Å². The van der Waals surface area contributed by atoms with Crippen LogP contribution in [-0.2, 0) is 11.0 Å². The van der Waals surface area contributed by atoms with Crippen LogP contribution in [0.4, 0.5) is 24.5 Å². The van der Waals surface area contributed by atoms with E-state index in [1.807, 2.05) is 49.4 Å². The van der Waals surface area contributed by atoms with Crippen LogP contribution in [0.5, 0.6) is 0 Å². The van der Waals surface area contributed by atoms with Crippen molar-refractivity contribution in [3.8, 4) is 11.1 Å². The molecule has 0 N–H and O–H groups in total. The fourth-order valence-corrected chi connectivity index (χ4v) is 4.28. The minimum Gasteiger partial charge on any atom is -0.342 e. The van der Waals surface area contributed by atoms with Crippen LogP contribution >= 0.6 is 11.6 Å². The molecule has 0 radical (unpaired) electrons. The maximum Gasteiger partial charge on any atom is 0.416 e. The second kappa shape index (κ2) is 10.6. The van der Waals surface area contributed by atoms with Crippen molar-refractivity contribution in [2.24, 2.45) is 5.92 Å². The number of carbonyl (C=O) groups excluding carboxylic acids is 1. The highest BCUT2D eigenvalue weighted by Gasteiger charge is 2.30. The molecule has 0 fully saturated rings. The number of Topliss-reactive ketones (excluding diaryl/α,β-unsaturated/α-hetero) is 1. The third kappa shape index (κ3) is 6.20. The molecule has 34 heavy (non-hydrogen) atoms.